The first-order chi connectivity index (χ1) is 28.0. The lowest BCUT2D eigenvalue weighted by molar-refractivity contribution is -0.156. The monoisotopic (exact) mass is 818 g/mol. The number of ether oxygens (including phenoxy) is 3. The number of fused-ring (bicyclic) bond motifs is 1. The number of aryl methyl sites for hydroxylation is 3. The van der Waals surface area contributed by atoms with Gasteiger partial charge in [0.15, 0.2) is 5.78 Å². The molecule has 5 rings (SSSR count). The summed E-state index contributed by atoms with van der Waals surface area (Å²) in [7, 11) is 0. The molecule has 0 fully saturated rings. The Morgan fingerprint density at radius 3 is 2.32 bits per heavy atom. The van der Waals surface area contributed by atoms with Crippen molar-refractivity contribution in [2.24, 2.45) is 5.92 Å². The number of imidazole rings is 1. The van der Waals surface area contributed by atoms with Crippen molar-refractivity contribution in [1.82, 2.24) is 25.1 Å². The van der Waals surface area contributed by atoms with Gasteiger partial charge in [0.25, 0.3) is 5.91 Å². The van der Waals surface area contributed by atoms with Gasteiger partial charge in [-0.15, -0.1) is 0 Å². The molecule has 2 aromatic heterocycles. The zero-order valence-electron chi connectivity index (χ0n) is 33.7. The van der Waals surface area contributed by atoms with E-state index in [2.05, 4.69) is 25.8 Å². The van der Waals surface area contributed by atoms with Gasteiger partial charge in [0.2, 0.25) is 5.91 Å². The summed E-state index contributed by atoms with van der Waals surface area (Å²) in [6, 6.07) is 15.9. The SMILES string of the molecule is Cc1cncn1-c1cc(C(=O)Nc2cccc(CCc3ccc4c(C(=O)C[C@@H](C)C(=O)NCCOCCOCCC(=O)OC(C)(C)C)n[nH]c4c3)c2)cc(C(F)(F)F)c1. The third kappa shape index (κ3) is 13.1. The van der Waals surface area contributed by atoms with Crippen LogP contribution in [0, 0.1) is 12.8 Å². The third-order valence-electron chi connectivity index (χ3n) is 9.11. The summed E-state index contributed by atoms with van der Waals surface area (Å²) in [5.74, 6) is -2.17. The quantitative estimate of drug-likeness (QED) is 0.0444. The minimum atomic E-state index is -4.66. The summed E-state index contributed by atoms with van der Waals surface area (Å²) in [5, 5.41) is 13.3. The Hall–Kier alpha value is -5.87. The number of H-pyrrole nitrogens is 1. The number of halogens is 3. The van der Waals surface area contributed by atoms with Gasteiger partial charge in [-0.25, -0.2) is 4.98 Å². The number of rotatable bonds is 19. The second-order valence-corrected chi connectivity index (χ2v) is 15.2. The van der Waals surface area contributed by atoms with Crippen LogP contribution in [0.5, 0.6) is 0 Å². The lowest BCUT2D eigenvalue weighted by Crippen LogP contribution is -2.33. The summed E-state index contributed by atoms with van der Waals surface area (Å²) in [6.07, 6.45) is -0.434. The molecule has 0 aliphatic carbocycles. The Bertz CT molecular complexity index is 2260. The molecule has 0 aliphatic rings. The molecule has 0 unspecified atom stereocenters. The number of alkyl halides is 3. The number of amides is 2. The molecule has 0 aliphatic heterocycles. The molecule has 314 valence electrons. The van der Waals surface area contributed by atoms with Crippen molar-refractivity contribution >= 4 is 40.2 Å². The number of anilines is 1. The van der Waals surface area contributed by atoms with Crippen LogP contribution < -0.4 is 10.6 Å². The van der Waals surface area contributed by atoms with Gasteiger partial charge >= 0.3 is 12.1 Å². The fourth-order valence-corrected chi connectivity index (χ4v) is 6.17. The second-order valence-electron chi connectivity index (χ2n) is 15.2. The third-order valence-corrected chi connectivity index (χ3v) is 9.11. The highest BCUT2D eigenvalue weighted by atomic mass is 19.4. The largest absolute Gasteiger partial charge is 0.460 e. The minimum absolute atomic E-state index is 0.0357. The smallest absolute Gasteiger partial charge is 0.416 e. The average Bonchev–Trinajstić information content (AvgIpc) is 3.81. The summed E-state index contributed by atoms with van der Waals surface area (Å²) in [5.41, 5.74) is 2.36. The normalized spacial score (nSPS) is 12.3. The fourth-order valence-electron chi connectivity index (χ4n) is 6.17. The van der Waals surface area contributed by atoms with Crippen molar-refractivity contribution in [3.63, 3.8) is 0 Å². The first-order valence-electron chi connectivity index (χ1n) is 19.2. The second kappa shape index (κ2) is 19.7. The number of aromatic amines is 1. The van der Waals surface area contributed by atoms with Crippen LogP contribution in [0.15, 0.2) is 73.2 Å². The van der Waals surface area contributed by atoms with E-state index in [9.17, 15) is 32.3 Å². The average molecular weight is 819 g/mol. The fraction of sp³-hybridized carbons (Fsp3) is 0.395. The molecule has 5 aromatic rings. The molecule has 13 nitrogen and oxygen atoms in total. The number of Topliss-reactive ketones (excluding diaryl/α,β-unsaturated/α-hetero) is 1. The van der Waals surface area contributed by atoms with E-state index in [0.29, 0.717) is 48.3 Å². The van der Waals surface area contributed by atoms with Gasteiger partial charge in [0.1, 0.15) is 11.3 Å². The Morgan fingerprint density at radius 1 is 0.898 bits per heavy atom. The van der Waals surface area contributed by atoms with Crippen LogP contribution in [0.4, 0.5) is 18.9 Å². The standard InChI is InChI=1S/C43H49F3N6O7/c1-27(40(55)48-14-16-58-18-17-57-15-13-38(54)59-42(3,4)5)19-37(53)39-35-12-11-30(21-36(35)50-51-39)10-9-29-7-6-8-33(20-29)49-41(56)31-22-32(43(44,45)46)24-34(23-31)52-26-47-25-28(52)2/h6-8,11-12,20-27H,9-10,13-19H2,1-5H3,(H,48,55)(H,49,56)(H,50,51)/t27-/m1/s1. The van der Waals surface area contributed by atoms with Crippen LogP contribution in [0.3, 0.4) is 0 Å². The molecule has 59 heavy (non-hydrogen) atoms. The Morgan fingerprint density at radius 2 is 1.63 bits per heavy atom. The Balaban J connectivity index is 1.07. The molecule has 0 saturated carbocycles. The Labute approximate surface area is 340 Å². The molecule has 0 bridgehead atoms. The van der Waals surface area contributed by atoms with E-state index in [1.165, 1.54) is 23.2 Å². The zero-order chi connectivity index (χ0) is 42.7. The van der Waals surface area contributed by atoms with E-state index in [4.69, 9.17) is 14.2 Å². The number of ketones is 1. The highest BCUT2D eigenvalue weighted by Crippen LogP contribution is 2.32. The van der Waals surface area contributed by atoms with E-state index < -0.39 is 29.2 Å². The lowest BCUT2D eigenvalue weighted by atomic mass is 9.99. The summed E-state index contributed by atoms with van der Waals surface area (Å²) in [6.45, 7) is 10.1. The highest BCUT2D eigenvalue weighted by Gasteiger charge is 2.32. The van der Waals surface area contributed by atoms with Crippen LogP contribution in [0.25, 0.3) is 16.6 Å². The van der Waals surface area contributed by atoms with Crippen LogP contribution >= 0.6 is 0 Å². The number of nitrogens with one attached hydrogen (secondary N) is 3. The van der Waals surface area contributed by atoms with Gasteiger partial charge < -0.3 is 29.4 Å². The highest BCUT2D eigenvalue weighted by molar-refractivity contribution is 6.07. The van der Waals surface area contributed by atoms with Gasteiger partial charge in [0.05, 0.1) is 50.3 Å². The predicted octanol–water partition coefficient (Wildman–Crippen LogP) is 7.20. The van der Waals surface area contributed by atoms with Crippen LogP contribution in [-0.4, -0.2) is 81.9 Å². The number of hydrogen-bond donors (Lipinski definition) is 3. The summed E-state index contributed by atoms with van der Waals surface area (Å²) >= 11 is 0. The van der Waals surface area contributed by atoms with E-state index in [0.717, 1.165) is 23.3 Å². The van der Waals surface area contributed by atoms with Gasteiger partial charge in [-0.05, 0) is 88.1 Å². The van der Waals surface area contributed by atoms with Crippen molar-refractivity contribution in [2.75, 3.05) is 38.3 Å². The molecule has 0 radical (unpaired) electrons. The van der Waals surface area contributed by atoms with Gasteiger partial charge in [-0.1, -0.05) is 31.2 Å². The van der Waals surface area contributed by atoms with E-state index in [1.807, 2.05) is 24.3 Å². The first kappa shape index (κ1) is 44.2. The van der Waals surface area contributed by atoms with Crippen molar-refractivity contribution in [3.8, 4) is 5.69 Å². The van der Waals surface area contributed by atoms with Gasteiger partial charge in [0, 0.05) is 53.1 Å². The number of hydrogen-bond acceptors (Lipinski definition) is 9. The zero-order valence-corrected chi connectivity index (χ0v) is 33.7. The summed E-state index contributed by atoms with van der Waals surface area (Å²) < 4.78 is 58.9. The number of benzene rings is 3. The summed E-state index contributed by atoms with van der Waals surface area (Å²) in [4.78, 5) is 54.7. The van der Waals surface area contributed by atoms with Crippen molar-refractivity contribution in [1.29, 1.82) is 0 Å². The maximum absolute atomic E-state index is 13.8. The Kier molecular flexibility index (Phi) is 14.8. The molecule has 0 spiro atoms. The van der Waals surface area contributed by atoms with Gasteiger partial charge in [-0.2, -0.15) is 18.3 Å². The topological polar surface area (TPSA) is 167 Å². The minimum Gasteiger partial charge on any atom is -0.460 e. The van der Waals surface area contributed by atoms with E-state index >= 15 is 0 Å². The van der Waals surface area contributed by atoms with Crippen molar-refractivity contribution in [2.45, 2.75) is 72.1 Å². The molecule has 0 saturated heterocycles. The molecule has 16 heteroatoms. The van der Waals surface area contributed by atoms with E-state index in [-0.39, 0.29) is 67.2 Å². The number of esters is 1. The molecule has 3 N–H and O–H groups in total. The number of carbonyl (C=O) groups excluding carboxylic acids is 4. The molecule has 2 amide bonds. The predicted molar refractivity (Wildman–Crippen MR) is 214 cm³/mol. The van der Waals surface area contributed by atoms with E-state index in [1.54, 1.807) is 52.8 Å². The van der Waals surface area contributed by atoms with Gasteiger partial charge in [-0.3, -0.25) is 24.3 Å². The molecular weight excluding hydrogens is 770 g/mol. The van der Waals surface area contributed by atoms with Crippen molar-refractivity contribution < 1.29 is 46.6 Å². The molecule has 2 heterocycles. The maximum atomic E-state index is 13.8. The molecular formula is C43H49F3N6O7. The number of nitrogens with zero attached hydrogens (tertiary/aromatic N) is 3. The lowest BCUT2D eigenvalue weighted by Gasteiger charge is -2.19. The number of carbonyl (C=O) groups is 4. The van der Waals surface area contributed by atoms with Crippen LogP contribution in [-0.2, 0) is 42.8 Å². The first-order valence-corrected chi connectivity index (χ1v) is 19.2. The molecule has 3 aromatic carbocycles. The van der Waals surface area contributed by atoms with Crippen molar-refractivity contribution in [3.05, 3.63) is 107 Å². The number of aromatic nitrogens is 4. The maximum Gasteiger partial charge on any atom is 0.416 e. The van der Waals surface area contributed by atoms with Crippen LogP contribution in [0.1, 0.15) is 83.8 Å². The van der Waals surface area contributed by atoms with Crippen LogP contribution in [0.2, 0.25) is 0 Å². The molecule has 1 atom stereocenters.